The van der Waals surface area contributed by atoms with Crippen LogP contribution >= 0.6 is 0 Å². The zero-order valence-corrected chi connectivity index (χ0v) is 14.5. The fraction of sp³-hybridized carbons (Fsp3) is 0.278. The number of amides is 2. The Morgan fingerprint density at radius 3 is 2.44 bits per heavy atom. The summed E-state index contributed by atoms with van der Waals surface area (Å²) < 4.78 is 52.1. The molecule has 2 aromatic rings. The minimum Gasteiger partial charge on any atom is -0.493 e. The lowest BCUT2D eigenvalue weighted by Gasteiger charge is -2.14. The lowest BCUT2D eigenvalue weighted by molar-refractivity contribution is -0.153. The lowest BCUT2D eigenvalue weighted by atomic mass is 10.2. The van der Waals surface area contributed by atoms with Crippen LogP contribution < -0.4 is 24.8 Å². The van der Waals surface area contributed by atoms with E-state index in [4.69, 9.17) is 14.2 Å². The number of hydrogen-bond donors (Lipinski definition) is 2. The third-order valence-corrected chi connectivity index (χ3v) is 3.21. The molecule has 6 nitrogen and oxygen atoms in total. The maximum atomic E-state index is 12.3. The van der Waals surface area contributed by atoms with Crippen LogP contribution in [0, 0.1) is 0 Å². The van der Waals surface area contributed by atoms with Crippen molar-refractivity contribution in [3.05, 3.63) is 48.5 Å². The highest BCUT2D eigenvalue weighted by molar-refractivity contribution is 5.89. The molecule has 2 rings (SSSR count). The first-order chi connectivity index (χ1) is 12.9. The first-order valence-corrected chi connectivity index (χ1v) is 7.97. The van der Waals surface area contributed by atoms with Crippen molar-refractivity contribution >= 4 is 11.7 Å². The molecule has 2 N–H and O–H groups in total. The Labute approximate surface area is 154 Å². The smallest absolute Gasteiger partial charge is 0.422 e. The topological polar surface area (TPSA) is 68.8 Å². The van der Waals surface area contributed by atoms with Gasteiger partial charge in [0.25, 0.3) is 0 Å². The second-order valence-corrected chi connectivity index (χ2v) is 5.31. The summed E-state index contributed by atoms with van der Waals surface area (Å²) in [6.07, 6.45) is -4.48. The van der Waals surface area contributed by atoms with Gasteiger partial charge in [-0.1, -0.05) is 18.2 Å². The quantitative estimate of drug-likeness (QED) is 0.679. The molecule has 0 aliphatic carbocycles. The first-order valence-electron chi connectivity index (χ1n) is 7.97. The number of benzene rings is 2. The molecule has 0 saturated carbocycles. The Morgan fingerprint density at radius 1 is 1.04 bits per heavy atom. The molecule has 0 unspecified atom stereocenters. The molecular weight excluding hydrogens is 365 g/mol. The number of alkyl halides is 3. The number of nitrogens with one attached hydrogen (secondary N) is 2. The summed E-state index contributed by atoms with van der Waals surface area (Å²) >= 11 is 0. The van der Waals surface area contributed by atoms with Gasteiger partial charge in [0, 0.05) is 11.8 Å². The number of rotatable bonds is 8. The number of para-hydroxylation sites is 1. The van der Waals surface area contributed by atoms with Crippen molar-refractivity contribution in [1.29, 1.82) is 0 Å². The monoisotopic (exact) mass is 384 g/mol. The van der Waals surface area contributed by atoms with E-state index in [0.717, 1.165) is 0 Å². The molecule has 0 spiro atoms. The number of urea groups is 1. The van der Waals surface area contributed by atoms with E-state index in [9.17, 15) is 18.0 Å². The van der Waals surface area contributed by atoms with Gasteiger partial charge in [-0.25, -0.2) is 4.79 Å². The molecule has 0 fully saturated rings. The van der Waals surface area contributed by atoms with E-state index in [2.05, 4.69) is 10.6 Å². The van der Waals surface area contributed by atoms with Crippen molar-refractivity contribution < 1.29 is 32.2 Å². The molecule has 0 aromatic heterocycles. The molecule has 0 radical (unpaired) electrons. The predicted molar refractivity (Wildman–Crippen MR) is 93.5 cm³/mol. The van der Waals surface area contributed by atoms with E-state index in [1.807, 2.05) is 18.2 Å². The summed E-state index contributed by atoms with van der Waals surface area (Å²) in [6, 6.07) is 12.7. The standard InChI is InChI=1S/C18H19F3N2O4/c1-25-15-8-7-13(11-16(15)27-12-18(19,20)21)23-17(24)22-9-10-26-14-5-3-2-4-6-14/h2-8,11H,9-10,12H2,1H3,(H2,22,23,24). The second kappa shape index (κ2) is 9.56. The molecule has 2 amide bonds. The fourth-order valence-corrected chi connectivity index (χ4v) is 2.05. The van der Waals surface area contributed by atoms with E-state index in [1.54, 1.807) is 12.1 Å². The first kappa shape index (κ1) is 20.2. The van der Waals surface area contributed by atoms with Crippen LogP contribution in [0.25, 0.3) is 0 Å². The third kappa shape index (κ3) is 7.35. The van der Waals surface area contributed by atoms with Crippen molar-refractivity contribution in [2.45, 2.75) is 6.18 Å². The lowest BCUT2D eigenvalue weighted by Crippen LogP contribution is -2.32. The SMILES string of the molecule is COc1ccc(NC(=O)NCCOc2ccccc2)cc1OCC(F)(F)F. The zero-order valence-electron chi connectivity index (χ0n) is 14.5. The van der Waals surface area contributed by atoms with E-state index in [-0.39, 0.29) is 30.3 Å². The van der Waals surface area contributed by atoms with Crippen LogP contribution in [-0.2, 0) is 0 Å². The number of methoxy groups -OCH3 is 1. The maximum Gasteiger partial charge on any atom is 0.422 e. The average Bonchev–Trinajstić information content (AvgIpc) is 2.64. The Morgan fingerprint density at radius 2 is 1.78 bits per heavy atom. The van der Waals surface area contributed by atoms with E-state index < -0.39 is 18.8 Å². The highest BCUT2D eigenvalue weighted by Crippen LogP contribution is 2.31. The van der Waals surface area contributed by atoms with Gasteiger partial charge in [-0.2, -0.15) is 13.2 Å². The van der Waals surface area contributed by atoms with Crippen molar-refractivity contribution in [3.8, 4) is 17.2 Å². The summed E-state index contributed by atoms with van der Waals surface area (Å²) in [6.45, 7) is -0.954. The molecule has 146 valence electrons. The Balaban J connectivity index is 1.83. The molecule has 0 heterocycles. The van der Waals surface area contributed by atoms with Crippen LogP contribution in [0.3, 0.4) is 0 Å². The van der Waals surface area contributed by atoms with Gasteiger partial charge in [0.15, 0.2) is 18.1 Å². The van der Waals surface area contributed by atoms with Crippen molar-refractivity contribution in [2.24, 2.45) is 0 Å². The van der Waals surface area contributed by atoms with Gasteiger partial charge in [0.05, 0.1) is 13.7 Å². The number of carbonyl (C=O) groups excluding carboxylic acids is 1. The predicted octanol–water partition coefficient (Wildman–Crippen LogP) is 3.84. The Hall–Kier alpha value is -3.10. The summed E-state index contributed by atoms with van der Waals surface area (Å²) in [5, 5.41) is 5.09. The molecule has 0 atom stereocenters. The maximum absolute atomic E-state index is 12.3. The number of anilines is 1. The molecule has 0 bridgehead atoms. The summed E-state index contributed by atoms with van der Waals surface area (Å²) in [7, 11) is 1.31. The van der Waals surface area contributed by atoms with Crippen LogP contribution in [-0.4, -0.2) is 39.1 Å². The van der Waals surface area contributed by atoms with Crippen LogP contribution in [0.2, 0.25) is 0 Å². The molecule has 0 aliphatic rings. The minimum atomic E-state index is -4.48. The summed E-state index contributed by atoms with van der Waals surface area (Å²) in [5.74, 6) is 0.683. The number of halogens is 3. The average molecular weight is 384 g/mol. The normalized spacial score (nSPS) is 10.8. The van der Waals surface area contributed by atoms with Crippen LogP contribution in [0.5, 0.6) is 17.2 Å². The van der Waals surface area contributed by atoms with E-state index in [1.165, 1.54) is 25.3 Å². The van der Waals surface area contributed by atoms with Crippen molar-refractivity contribution in [1.82, 2.24) is 5.32 Å². The highest BCUT2D eigenvalue weighted by atomic mass is 19.4. The van der Waals surface area contributed by atoms with Crippen molar-refractivity contribution in [2.75, 3.05) is 32.2 Å². The molecular formula is C18H19F3N2O4. The van der Waals surface area contributed by atoms with Crippen LogP contribution in [0.15, 0.2) is 48.5 Å². The highest BCUT2D eigenvalue weighted by Gasteiger charge is 2.29. The van der Waals surface area contributed by atoms with E-state index >= 15 is 0 Å². The van der Waals surface area contributed by atoms with Gasteiger partial charge >= 0.3 is 12.2 Å². The third-order valence-electron chi connectivity index (χ3n) is 3.21. The molecule has 0 saturated heterocycles. The van der Waals surface area contributed by atoms with Gasteiger partial charge in [-0.15, -0.1) is 0 Å². The summed E-state index contributed by atoms with van der Waals surface area (Å²) in [4.78, 5) is 11.9. The number of ether oxygens (including phenoxy) is 3. The van der Waals surface area contributed by atoms with Gasteiger partial charge in [0.1, 0.15) is 12.4 Å². The number of carbonyl (C=O) groups is 1. The fourth-order valence-electron chi connectivity index (χ4n) is 2.05. The largest absolute Gasteiger partial charge is 0.493 e. The summed E-state index contributed by atoms with van der Waals surface area (Å²) in [5.41, 5.74) is 0.259. The molecule has 0 aliphatic heterocycles. The van der Waals surface area contributed by atoms with Crippen LogP contribution in [0.1, 0.15) is 0 Å². The van der Waals surface area contributed by atoms with Crippen molar-refractivity contribution in [3.63, 3.8) is 0 Å². The van der Waals surface area contributed by atoms with Gasteiger partial charge < -0.3 is 24.8 Å². The van der Waals surface area contributed by atoms with Gasteiger partial charge in [-0.3, -0.25) is 0 Å². The van der Waals surface area contributed by atoms with Crippen LogP contribution in [0.4, 0.5) is 23.7 Å². The Bertz CT molecular complexity index is 739. The molecule has 2 aromatic carbocycles. The van der Waals surface area contributed by atoms with Gasteiger partial charge in [0.2, 0.25) is 0 Å². The number of hydrogen-bond acceptors (Lipinski definition) is 4. The minimum absolute atomic E-state index is 0.125. The second-order valence-electron chi connectivity index (χ2n) is 5.31. The zero-order chi connectivity index (χ0) is 19.7. The van der Waals surface area contributed by atoms with Gasteiger partial charge in [-0.05, 0) is 24.3 Å². The molecule has 9 heteroatoms. The van der Waals surface area contributed by atoms with E-state index in [0.29, 0.717) is 5.75 Å². The Kier molecular flexibility index (Phi) is 7.16. The molecule has 27 heavy (non-hydrogen) atoms.